The molecule has 17 heavy (non-hydrogen) atoms. The average molecular weight is 316 g/mol. The monoisotopic (exact) mass is 315 g/mol. The first-order chi connectivity index (χ1) is 8.13. The molecule has 0 spiro atoms. The molecule has 0 aliphatic rings. The van der Waals surface area contributed by atoms with Gasteiger partial charge in [0.25, 0.3) is 0 Å². The molecular weight excluding hydrogens is 294 g/mol. The molecule has 1 N–H and O–H groups in total. The fourth-order valence-corrected chi connectivity index (χ4v) is 2.84. The van der Waals surface area contributed by atoms with Crippen molar-refractivity contribution in [2.45, 2.75) is 39.3 Å². The molecule has 1 aromatic rings. The minimum Gasteiger partial charge on any atom is -0.308 e. The fraction of sp³-hybridized carbons (Fsp3) is 0.571. The largest absolute Gasteiger partial charge is 0.308 e. The normalized spacial score (nSPS) is 14.6. The van der Waals surface area contributed by atoms with Gasteiger partial charge < -0.3 is 5.32 Å². The standard InChI is InChI=1S/C14H22BrNS/c1-4-17-10-9-11(2)16-12(3)13-5-7-14(15)8-6-13/h5-8,11-12,16H,4,9-10H2,1-3H3. The summed E-state index contributed by atoms with van der Waals surface area (Å²) in [6.07, 6.45) is 1.24. The number of halogens is 1. The van der Waals surface area contributed by atoms with E-state index < -0.39 is 0 Å². The second-order valence-electron chi connectivity index (χ2n) is 4.33. The molecule has 2 unspecified atom stereocenters. The average Bonchev–Trinajstić information content (AvgIpc) is 2.30. The molecule has 0 saturated heterocycles. The van der Waals surface area contributed by atoms with E-state index in [0.717, 1.165) is 4.47 Å². The summed E-state index contributed by atoms with van der Waals surface area (Å²) in [5.41, 5.74) is 1.35. The molecule has 0 radical (unpaired) electrons. The Kier molecular flexibility index (Phi) is 7.24. The molecule has 0 aliphatic carbocycles. The molecule has 1 nitrogen and oxygen atoms in total. The Hall–Kier alpha value is 0.01000. The van der Waals surface area contributed by atoms with Crippen molar-refractivity contribution in [3.8, 4) is 0 Å². The SMILES string of the molecule is CCSCCC(C)NC(C)c1ccc(Br)cc1. The lowest BCUT2D eigenvalue weighted by molar-refractivity contribution is 0.471. The summed E-state index contributed by atoms with van der Waals surface area (Å²) >= 11 is 5.48. The van der Waals surface area contributed by atoms with Gasteiger partial charge >= 0.3 is 0 Å². The number of rotatable bonds is 7. The summed E-state index contributed by atoms with van der Waals surface area (Å²) in [4.78, 5) is 0. The van der Waals surface area contributed by atoms with E-state index >= 15 is 0 Å². The van der Waals surface area contributed by atoms with Gasteiger partial charge in [-0.2, -0.15) is 11.8 Å². The van der Waals surface area contributed by atoms with Crippen molar-refractivity contribution < 1.29 is 0 Å². The highest BCUT2D eigenvalue weighted by Crippen LogP contribution is 2.17. The van der Waals surface area contributed by atoms with E-state index in [1.165, 1.54) is 23.5 Å². The van der Waals surface area contributed by atoms with Crippen molar-refractivity contribution >= 4 is 27.7 Å². The zero-order valence-electron chi connectivity index (χ0n) is 10.9. The van der Waals surface area contributed by atoms with Crippen molar-refractivity contribution in [1.29, 1.82) is 0 Å². The van der Waals surface area contributed by atoms with Crippen LogP contribution in [0.5, 0.6) is 0 Å². The lowest BCUT2D eigenvalue weighted by atomic mass is 10.1. The van der Waals surface area contributed by atoms with Gasteiger partial charge in [0.1, 0.15) is 0 Å². The molecular formula is C14H22BrNS. The second kappa shape index (κ2) is 8.17. The predicted octanol–water partition coefficient (Wildman–Crippen LogP) is 4.63. The lowest BCUT2D eigenvalue weighted by Gasteiger charge is -2.20. The van der Waals surface area contributed by atoms with Crippen molar-refractivity contribution in [2.75, 3.05) is 11.5 Å². The van der Waals surface area contributed by atoms with Crippen molar-refractivity contribution in [3.05, 3.63) is 34.3 Å². The maximum atomic E-state index is 3.65. The van der Waals surface area contributed by atoms with E-state index in [1.807, 2.05) is 11.8 Å². The van der Waals surface area contributed by atoms with Gasteiger partial charge in [0.2, 0.25) is 0 Å². The Morgan fingerprint density at radius 3 is 2.47 bits per heavy atom. The van der Waals surface area contributed by atoms with Crippen LogP contribution in [0, 0.1) is 0 Å². The second-order valence-corrected chi connectivity index (χ2v) is 6.64. The molecule has 1 rings (SSSR count). The highest BCUT2D eigenvalue weighted by Gasteiger charge is 2.08. The van der Waals surface area contributed by atoms with Crippen LogP contribution in [-0.4, -0.2) is 17.5 Å². The van der Waals surface area contributed by atoms with E-state index in [0.29, 0.717) is 12.1 Å². The van der Waals surface area contributed by atoms with Crippen LogP contribution in [0.3, 0.4) is 0 Å². The Morgan fingerprint density at radius 2 is 1.88 bits per heavy atom. The molecule has 96 valence electrons. The highest BCUT2D eigenvalue weighted by molar-refractivity contribution is 9.10. The lowest BCUT2D eigenvalue weighted by Crippen LogP contribution is -2.29. The van der Waals surface area contributed by atoms with Crippen LogP contribution in [0.15, 0.2) is 28.7 Å². The summed E-state index contributed by atoms with van der Waals surface area (Å²) in [6, 6.07) is 9.55. The van der Waals surface area contributed by atoms with Gasteiger partial charge in [-0.05, 0) is 49.5 Å². The van der Waals surface area contributed by atoms with Crippen LogP contribution in [0.2, 0.25) is 0 Å². The number of hydrogen-bond donors (Lipinski definition) is 1. The van der Waals surface area contributed by atoms with Gasteiger partial charge in [-0.1, -0.05) is 35.0 Å². The van der Waals surface area contributed by atoms with E-state index in [2.05, 4.69) is 66.3 Å². The van der Waals surface area contributed by atoms with Crippen LogP contribution < -0.4 is 5.32 Å². The van der Waals surface area contributed by atoms with E-state index in [1.54, 1.807) is 0 Å². The first-order valence-electron chi connectivity index (χ1n) is 6.22. The first-order valence-corrected chi connectivity index (χ1v) is 8.17. The zero-order valence-corrected chi connectivity index (χ0v) is 13.3. The summed E-state index contributed by atoms with van der Waals surface area (Å²) in [5, 5.41) is 3.65. The van der Waals surface area contributed by atoms with Gasteiger partial charge in [-0.3, -0.25) is 0 Å². The third kappa shape index (κ3) is 5.94. The van der Waals surface area contributed by atoms with Crippen LogP contribution in [0.25, 0.3) is 0 Å². The number of benzene rings is 1. The molecule has 0 amide bonds. The summed E-state index contributed by atoms with van der Waals surface area (Å²) in [5.74, 6) is 2.46. The van der Waals surface area contributed by atoms with Gasteiger partial charge in [0, 0.05) is 16.6 Å². The molecule has 0 bridgehead atoms. The third-order valence-electron chi connectivity index (χ3n) is 2.80. The minimum absolute atomic E-state index is 0.421. The van der Waals surface area contributed by atoms with E-state index in [9.17, 15) is 0 Å². The number of thioether (sulfide) groups is 1. The van der Waals surface area contributed by atoms with Gasteiger partial charge in [0.15, 0.2) is 0 Å². The van der Waals surface area contributed by atoms with Crippen molar-refractivity contribution in [1.82, 2.24) is 5.32 Å². The first kappa shape index (κ1) is 15.1. The van der Waals surface area contributed by atoms with E-state index in [-0.39, 0.29) is 0 Å². The Bertz CT molecular complexity index is 313. The molecule has 0 saturated carbocycles. The fourth-order valence-electron chi connectivity index (χ4n) is 1.76. The van der Waals surface area contributed by atoms with Crippen molar-refractivity contribution in [3.63, 3.8) is 0 Å². The zero-order chi connectivity index (χ0) is 12.7. The number of nitrogens with one attached hydrogen (secondary N) is 1. The van der Waals surface area contributed by atoms with Crippen molar-refractivity contribution in [2.24, 2.45) is 0 Å². The Balaban J connectivity index is 2.37. The summed E-state index contributed by atoms with van der Waals surface area (Å²) in [7, 11) is 0. The van der Waals surface area contributed by atoms with E-state index in [4.69, 9.17) is 0 Å². The van der Waals surface area contributed by atoms with Gasteiger partial charge in [0.05, 0.1) is 0 Å². The van der Waals surface area contributed by atoms with Gasteiger partial charge in [-0.15, -0.1) is 0 Å². The quantitative estimate of drug-likeness (QED) is 0.736. The molecule has 1 aromatic carbocycles. The smallest absolute Gasteiger partial charge is 0.0294 e. The molecule has 0 fully saturated rings. The third-order valence-corrected chi connectivity index (χ3v) is 4.27. The van der Waals surface area contributed by atoms with Crippen LogP contribution in [0.1, 0.15) is 38.8 Å². The topological polar surface area (TPSA) is 12.0 Å². The maximum absolute atomic E-state index is 3.65. The molecule has 0 aromatic heterocycles. The predicted molar refractivity (Wildman–Crippen MR) is 82.8 cm³/mol. The molecule has 0 aliphatic heterocycles. The number of hydrogen-bond acceptors (Lipinski definition) is 2. The van der Waals surface area contributed by atoms with Gasteiger partial charge in [-0.25, -0.2) is 0 Å². The van der Waals surface area contributed by atoms with Crippen LogP contribution in [0.4, 0.5) is 0 Å². The summed E-state index contributed by atoms with van der Waals surface area (Å²) < 4.78 is 1.14. The minimum atomic E-state index is 0.421. The van der Waals surface area contributed by atoms with Crippen LogP contribution in [-0.2, 0) is 0 Å². The summed E-state index contributed by atoms with van der Waals surface area (Å²) in [6.45, 7) is 6.71. The molecule has 2 atom stereocenters. The Labute approximate surface area is 118 Å². The molecule has 0 heterocycles. The van der Waals surface area contributed by atoms with Crippen LogP contribution >= 0.6 is 27.7 Å². The Morgan fingerprint density at radius 1 is 1.24 bits per heavy atom. The molecule has 3 heteroatoms. The maximum Gasteiger partial charge on any atom is 0.0294 e. The highest BCUT2D eigenvalue weighted by atomic mass is 79.9.